The van der Waals surface area contributed by atoms with Gasteiger partial charge < -0.3 is 14.4 Å². The van der Waals surface area contributed by atoms with Crippen molar-refractivity contribution in [3.8, 4) is 23.1 Å². The van der Waals surface area contributed by atoms with Crippen LogP contribution in [0.1, 0.15) is 61.0 Å². The Morgan fingerprint density at radius 3 is 2.62 bits per heavy atom. The van der Waals surface area contributed by atoms with E-state index in [0.29, 0.717) is 41.9 Å². The maximum absolute atomic E-state index is 13.9. The van der Waals surface area contributed by atoms with Gasteiger partial charge in [-0.25, -0.2) is 23.7 Å². The first-order valence-corrected chi connectivity index (χ1v) is 14.3. The molecular formula is C29H32F2N6O2S. The van der Waals surface area contributed by atoms with E-state index in [1.54, 1.807) is 31.3 Å². The highest BCUT2D eigenvalue weighted by molar-refractivity contribution is 7.98. The van der Waals surface area contributed by atoms with Crippen LogP contribution in [0.4, 0.5) is 8.78 Å². The summed E-state index contributed by atoms with van der Waals surface area (Å²) in [5, 5.41) is 0.755. The second-order valence-corrected chi connectivity index (χ2v) is 10.9. The van der Waals surface area contributed by atoms with Crippen LogP contribution in [0.5, 0.6) is 11.8 Å². The molecular weight excluding hydrogens is 534 g/mol. The summed E-state index contributed by atoms with van der Waals surface area (Å²) in [6.45, 7) is 3.15. The second-order valence-electron chi connectivity index (χ2n) is 10.1. The zero-order valence-corrected chi connectivity index (χ0v) is 24.1. The lowest BCUT2D eigenvalue weighted by Crippen LogP contribution is -2.18. The van der Waals surface area contributed by atoms with Gasteiger partial charge in [-0.05, 0) is 50.5 Å². The molecule has 1 aliphatic carbocycles. The molecule has 0 spiro atoms. The Labute approximate surface area is 237 Å². The van der Waals surface area contributed by atoms with E-state index in [2.05, 4.69) is 15.0 Å². The molecule has 0 radical (unpaired) electrons. The number of pyridine rings is 1. The van der Waals surface area contributed by atoms with Crippen LogP contribution in [0.15, 0.2) is 47.5 Å². The Morgan fingerprint density at radius 1 is 1.15 bits per heavy atom. The summed E-state index contributed by atoms with van der Waals surface area (Å²) >= 11 is 1.49. The standard InChI is InChI=1S/C29H32F2N6O2S/c1-17-11-18(13-32-25(17)21-8-6-7-20(14-37(21)3)29(2,30)31)15-39-22-12-23(40-5)36-27(35-22)24-26(19-9-10-19)33-16-34-28(24)38-4/h8,11-14,16,19H,6-7,9-10,15H2,1-5H3. The van der Waals surface area contributed by atoms with E-state index >= 15 is 0 Å². The van der Waals surface area contributed by atoms with E-state index in [9.17, 15) is 8.78 Å². The molecule has 1 aliphatic heterocycles. The predicted molar refractivity (Wildman–Crippen MR) is 150 cm³/mol. The molecule has 0 atom stereocenters. The molecule has 0 amide bonds. The Kier molecular flexibility index (Phi) is 8.02. The van der Waals surface area contributed by atoms with Gasteiger partial charge in [0.25, 0.3) is 5.92 Å². The number of nitrogens with zero attached hydrogens (tertiary/aromatic N) is 6. The molecule has 40 heavy (non-hydrogen) atoms. The Bertz CT molecular complexity index is 1470. The van der Waals surface area contributed by atoms with Crippen molar-refractivity contribution in [3.05, 3.63) is 65.0 Å². The fraction of sp³-hybridized carbons (Fsp3) is 0.414. The van der Waals surface area contributed by atoms with Crippen LogP contribution in [0, 0.1) is 6.92 Å². The molecule has 0 bridgehead atoms. The van der Waals surface area contributed by atoms with Gasteiger partial charge in [-0.15, -0.1) is 11.8 Å². The minimum atomic E-state index is -2.85. The number of hydrogen-bond donors (Lipinski definition) is 0. The number of hydrogen-bond acceptors (Lipinski definition) is 9. The fourth-order valence-electron chi connectivity index (χ4n) is 4.72. The van der Waals surface area contributed by atoms with E-state index in [1.165, 1.54) is 24.3 Å². The van der Waals surface area contributed by atoms with Gasteiger partial charge in [-0.2, -0.15) is 4.98 Å². The highest BCUT2D eigenvalue weighted by Gasteiger charge is 2.32. The van der Waals surface area contributed by atoms with Gasteiger partial charge in [0.1, 0.15) is 23.5 Å². The molecule has 8 nitrogen and oxygen atoms in total. The number of methoxy groups -OCH3 is 1. The summed E-state index contributed by atoms with van der Waals surface area (Å²) in [5.41, 5.74) is 5.05. The highest BCUT2D eigenvalue weighted by atomic mass is 32.2. The number of thioether (sulfide) groups is 1. The van der Waals surface area contributed by atoms with Crippen LogP contribution in [-0.2, 0) is 6.61 Å². The molecule has 3 aromatic heterocycles. The quantitative estimate of drug-likeness (QED) is 0.215. The monoisotopic (exact) mass is 566 g/mol. The van der Waals surface area contributed by atoms with E-state index in [-0.39, 0.29) is 12.2 Å². The van der Waals surface area contributed by atoms with Crippen molar-refractivity contribution < 1.29 is 18.3 Å². The molecule has 4 heterocycles. The maximum atomic E-state index is 13.9. The number of rotatable bonds is 9. The molecule has 2 aliphatic rings. The molecule has 210 valence electrons. The molecule has 11 heteroatoms. The number of aryl methyl sites for hydroxylation is 1. The van der Waals surface area contributed by atoms with Crippen LogP contribution in [-0.4, -0.2) is 56.2 Å². The van der Waals surface area contributed by atoms with Crippen molar-refractivity contribution >= 4 is 17.5 Å². The molecule has 5 rings (SSSR count). The summed E-state index contributed by atoms with van der Waals surface area (Å²) in [5.74, 6) is -1.16. The molecule has 1 saturated carbocycles. The topological polar surface area (TPSA) is 86.2 Å². The molecule has 0 unspecified atom stereocenters. The van der Waals surface area contributed by atoms with Crippen LogP contribution < -0.4 is 9.47 Å². The van der Waals surface area contributed by atoms with Crippen molar-refractivity contribution in [2.24, 2.45) is 0 Å². The molecule has 0 saturated heterocycles. The van der Waals surface area contributed by atoms with Gasteiger partial charge in [0.05, 0.1) is 24.2 Å². The maximum Gasteiger partial charge on any atom is 0.268 e. The van der Waals surface area contributed by atoms with Crippen LogP contribution >= 0.6 is 11.8 Å². The lowest BCUT2D eigenvalue weighted by molar-refractivity contribution is 0.0586. The van der Waals surface area contributed by atoms with E-state index in [0.717, 1.165) is 53.0 Å². The smallest absolute Gasteiger partial charge is 0.268 e. The first-order chi connectivity index (χ1) is 19.2. The Hall–Kier alpha value is -3.60. The van der Waals surface area contributed by atoms with Crippen molar-refractivity contribution in [1.29, 1.82) is 0 Å². The summed E-state index contributed by atoms with van der Waals surface area (Å²) in [7, 11) is 3.35. The predicted octanol–water partition coefficient (Wildman–Crippen LogP) is 6.43. The van der Waals surface area contributed by atoms with Gasteiger partial charge in [-0.3, -0.25) is 4.98 Å². The van der Waals surface area contributed by atoms with Crippen molar-refractivity contribution in [1.82, 2.24) is 29.8 Å². The van der Waals surface area contributed by atoms with Crippen molar-refractivity contribution in [2.45, 2.75) is 63.0 Å². The third-order valence-corrected chi connectivity index (χ3v) is 7.55. The average Bonchev–Trinajstić information content (AvgIpc) is 3.79. The van der Waals surface area contributed by atoms with Crippen molar-refractivity contribution in [3.63, 3.8) is 0 Å². The van der Waals surface area contributed by atoms with Gasteiger partial charge >= 0.3 is 0 Å². The van der Waals surface area contributed by atoms with Gasteiger partial charge in [0.2, 0.25) is 11.8 Å². The average molecular weight is 567 g/mol. The number of allylic oxidation sites excluding steroid dienone is 2. The summed E-state index contributed by atoms with van der Waals surface area (Å²) in [4.78, 5) is 24.6. The normalized spacial score (nSPS) is 15.8. The summed E-state index contributed by atoms with van der Waals surface area (Å²) < 4.78 is 39.5. The Balaban J connectivity index is 1.37. The molecule has 3 aromatic rings. The van der Waals surface area contributed by atoms with Gasteiger partial charge in [0.15, 0.2) is 5.82 Å². The van der Waals surface area contributed by atoms with Crippen LogP contribution in [0.25, 0.3) is 17.1 Å². The number of halogens is 2. The third kappa shape index (κ3) is 6.09. The number of aromatic nitrogens is 5. The fourth-order valence-corrected chi connectivity index (χ4v) is 5.11. The lowest BCUT2D eigenvalue weighted by Gasteiger charge is -2.21. The zero-order valence-electron chi connectivity index (χ0n) is 23.2. The van der Waals surface area contributed by atoms with Gasteiger partial charge in [0, 0.05) is 49.5 Å². The third-order valence-electron chi connectivity index (χ3n) is 6.92. The van der Waals surface area contributed by atoms with E-state index < -0.39 is 5.92 Å². The Morgan fingerprint density at radius 2 is 1.95 bits per heavy atom. The number of ether oxygens (including phenoxy) is 2. The van der Waals surface area contributed by atoms with Crippen molar-refractivity contribution in [2.75, 3.05) is 20.4 Å². The second kappa shape index (κ2) is 11.5. The minimum absolute atomic E-state index is 0.113. The highest BCUT2D eigenvalue weighted by Crippen LogP contribution is 2.45. The first-order valence-electron chi connectivity index (χ1n) is 13.1. The summed E-state index contributed by atoms with van der Waals surface area (Å²) in [6, 6.07) is 3.80. The molecule has 0 N–H and O–H groups in total. The lowest BCUT2D eigenvalue weighted by atomic mass is 10.1. The van der Waals surface area contributed by atoms with E-state index in [4.69, 9.17) is 19.4 Å². The zero-order chi connectivity index (χ0) is 28.4. The SMILES string of the molecule is COc1ncnc(C2CC2)c1-c1nc(OCc2cnc(C3=CCCC(C(C)(F)F)=CN3C)c(C)c2)cc(SC)n1. The van der Waals surface area contributed by atoms with Crippen LogP contribution in [0.3, 0.4) is 0 Å². The largest absolute Gasteiger partial charge is 0.480 e. The van der Waals surface area contributed by atoms with E-state index in [1.807, 2.05) is 25.3 Å². The molecule has 0 aromatic carbocycles. The minimum Gasteiger partial charge on any atom is -0.480 e. The number of alkyl halides is 2. The molecule has 1 fully saturated rings. The summed E-state index contributed by atoms with van der Waals surface area (Å²) in [6.07, 6.45) is 11.7. The van der Waals surface area contributed by atoms with Gasteiger partial charge in [-0.1, -0.05) is 6.08 Å². The van der Waals surface area contributed by atoms with Crippen LogP contribution in [0.2, 0.25) is 0 Å². The first kappa shape index (κ1) is 27.9.